The maximum absolute atomic E-state index is 11.9. The summed E-state index contributed by atoms with van der Waals surface area (Å²) in [7, 11) is 0. The Hall–Kier alpha value is -1.36. The molecule has 1 aliphatic heterocycles. The van der Waals surface area contributed by atoms with Gasteiger partial charge < -0.3 is 15.5 Å². The number of piperazine rings is 1. The van der Waals surface area contributed by atoms with E-state index in [9.17, 15) is 9.59 Å². The van der Waals surface area contributed by atoms with E-state index in [1.165, 1.54) is 0 Å². The highest BCUT2D eigenvalue weighted by molar-refractivity contribution is 5.92. The summed E-state index contributed by atoms with van der Waals surface area (Å²) in [6.45, 7) is 8.99. The fourth-order valence-corrected chi connectivity index (χ4v) is 1.71. The van der Waals surface area contributed by atoms with Crippen molar-refractivity contribution in [3.63, 3.8) is 0 Å². The van der Waals surface area contributed by atoms with E-state index < -0.39 is 5.54 Å². The molecule has 1 saturated heterocycles. The number of carbonyl (C=O) groups is 2. The van der Waals surface area contributed by atoms with Crippen LogP contribution in [-0.2, 0) is 9.59 Å². The smallest absolute Gasteiger partial charge is 0.245 e. The highest BCUT2D eigenvalue weighted by Crippen LogP contribution is 2.17. The summed E-state index contributed by atoms with van der Waals surface area (Å²) in [6, 6.07) is 0. The topological polar surface area (TPSA) is 61.4 Å². The molecule has 2 N–H and O–H groups in total. The molecule has 0 bridgehead atoms. The van der Waals surface area contributed by atoms with Crippen LogP contribution in [0.25, 0.3) is 0 Å². The van der Waals surface area contributed by atoms with E-state index in [4.69, 9.17) is 0 Å². The molecule has 0 aromatic carbocycles. The second-order valence-electron chi connectivity index (χ2n) is 4.28. The van der Waals surface area contributed by atoms with E-state index in [-0.39, 0.29) is 18.4 Å². The average molecular weight is 225 g/mol. The molecule has 5 heteroatoms. The molecule has 1 heterocycles. The minimum absolute atomic E-state index is 0.0540. The van der Waals surface area contributed by atoms with E-state index in [0.29, 0.717) is 19.6 Å². The molecule has 0 radical (unpaired) electrons. The average Bonchev–Trinajstić information content (AvgIpc) is 2.22. The van der Waals surface area contributed by atoms with Crippen molar-refractivity contribution in [1.29, 1.82) is 0 Å². The first kappa shape index (κ1) is 12.7. The quantitative estimate of drug-likeness (QED) is 0.501. The van der Waals surface area contributed by atoms with Gasteiger partial charge in [0.2, 0.25) is 11.8 Å². The van der Waals surface area contributed by atoms with Gasteiger partial charge in [-0.1, -0.05) is 6.08 Å². The van der Waals surface area contributed by atoms with Gasteiger partial charge in [-0.05, 0) is 13.8 Å². The lowest BCUT2D eigenvalue weighted by molar-refractivity contribution is -0.148. The Morgan fingerprint density at radius 3 is 3.00 bits per heavy atom. The molecule has 1 aliphatic rings. The van der Waals surface area contributed by atoms with Gasteiger partial charge in [0, 0.05) is 19.6 Å². The van der Waals surface area contributed by atoms with Gasteiger partial charge in [0.15, 0.2) is 0 Å². The van der Waals surface area contributed by atoms with E-state index in [1.54, 1.807) is 24.8 Å². The first-order valence-electron chi connectivity index (χ1n) is 5.40. The standard InChI is InChI=1S/C11H19N3O2/c1-4-5-12-8-9(15)14-7-6-13-10(16)11(14,2)3/h4,12H,1,5-8H2,2-3H3,(H,13,16). The molecule has 2 amide bonds. The van der Waals surface area contributed by atoms with Gasteiger partial charge in [-0.25, -0.2) is 0 Å². The van der Waals surface area contributed by atoms with Gasteiger partial charge in [0.1, 0.15) is 5.54 Å². The summed E-state index contributed by atoms with van der Waals surface area (Å²) in [5.74, 6) is -0.155. The van der Waals surface area contributed by atoms with Crippen LogP contribution in [0.1, 0.15) is 13.8 Å². The van der Waals surface area contributed by atoms with Crippen LogP contribution in [0, 0.1) is 0 Å². The third-order valence-corrected chi connectivity index (χ3v) is 2.72. The van der Waals surface area contributed by atoms with E-state index in [0.717, 1.165) is 0 Å². The molecule has 0 atom stereocenters. The van der Waals surface area contributed by atoms with Crippen LogP contribution in [0.5, 0.6) is 0 Å². The number of amides is 2. The summed E-state index contributed by atoms with van der Waals surface area (Å²) in [6.07, 6.45) is 1.70. The largest absolute Gasteiger partial charge is 0.352 e. The molecule has 16 heavy (non-hydrogen) atoms. The summed E-state index contributed by atoms with van der Waals surface area (Å²) < 4.78 is 0. The molecule has 0 aliphatic carbocycles. The maximum Gasteiger partial charge on any atom is 0.245 e. The predicted molar refractivity (Wildman–Crippen MR) is 61.9 cm³/mol. The molecular formula is C11H19N3O2. The normalized spacial score (nSPS) is 19.1. The van der Waals surface area contributed by atoms with Gasteiger partial charge in [0.05, 0.1) is 6.54 Å². The van der Waals surface area contributed by atoms with Crippen molar-refractivity contribution in [3.05, 3.63) is 12.7 Å². The fourth-order valence-electron chi connectivity index (χ4n) is 1.71. The number of rotatable bonds is 4. The lowest BCUT2D eigenvalue weighted by Gasteiger charge is -2.41. The Morgan fingerprint density at radius 2 is 2.38 bits per heavy atom. The first-order chi connectivity index (χ1) is 7.50. The molecule has 0 spiro atoms. The minimum Gasteiger partial charge on any atom is -0.352 e. The Bertz CT molecular complexity index is 300. The summed E-state index contributed by atoms with van der Waals surface area (Å²) >= 11 is 0. The number of hydrogen-bond donors (Lipinski definition) is 2. The highest BCUT2D eigenvalue weighted by Gasteiger charge is 2.39. The molecule has 0 aromatic heterocycles. The highest BCUT2D eigenvalue weighted by atomic mass is 16.2. The number of hydrogen-bond acceptors (Lipinski definition) is 3. The number of nitrogens with zero attached hydrogens (tertiary/aromatic N) is 1. The third-order valence-electron chi connectivity index (χ3n) is 2.72. The van der Waals surface area contributed by atoms with Crippen molar-refractivity contribution in [3.8, 4) is 0 Å². The van der Waals surface area contributed by atoms with Crippen LogP contribution in [0.2, 0.25) is 0 Å². The van der Waals surface area contributed by atoms with E-state index >= 15 is 0 Å². The van der Waals surface area contributed by atoms with Gasteiger partial charge in [0.25, 0.3) is 0 Å². The molecule has 0 saturated carbocycles. The second-order valence-corrected chi connectivity index (χ2v) is 4.28. The van der Waals surface area contributed by atoms with Crippen LogP contribution in [0.15, 0.2) is 12.7 Å². The summed E-state index contributed by atoms with van der Waals surface area (Å²) in [5.41, 5.74) is -0.759. The second kappa shape index (κ2) is 5.12. The van der Waals surface area contributed by atoms with Gasteiger partial charge >= 0.3 is 0 Å². The Labute approximate surface area is 95.9 Å². The summed E-state index contributed by atoms with van der Waals surface area (Å²) in [4.78, 5) is 25.1. The Balaban J connectivity index is 2.60. The fraction of sp³-hybridized carbons (Fsp3) is 0.636. The van der Waals surface area contributed by atoms with Crippen molar-refractivity contribution in [2.24, 2.45) is 0 Å². The monoisotopic (exact) mass is 225 g/mol. The molecule has 1 rings (SSSR count). The van der Waals surface area contributed by atoms with E-state index in [1.807, 2.05) is 0 Å². The van der Waals surface area contributed by atoms with Crippen molar-refractivity contribution in [2.45, 2.75) is 19.4 Å². The van der Waals surface area contributed by atoms with E-state index in [2.05, 4.69) is 17.2 Å². The van der Waals surface area contributed by atoms with Crippen LogP contribution in [0.4, 0.5) is 0 Å². The Kier molecular flexibility index (Phi) is 4.06. The molecule has 1 fully saturated rings. The van der Waals surface area contributed by atoms with Gasteiger partial charge in [-0.2, -0.15) is 0 Å². The lowest BCUT2D eigenvalue weighted by Crippen LogP contribution is -2.64. The zero-order valence-electron chi connectivity index (χ0n) is 9.88. The van der Waals surface area contributed by atoms with Crippen molar-refractivity contribution in [1.82, 2.24) is 15.5 Å². The van der Waals surface area contributed by atoms with Crippen LogP contribution < -0.4 is 10.6 Å². The summed E-state index contributed by atoms with van der Waals surface area (Å²) in [5, 5.41) is 5.70. The molecule has 90 valence electrons. The zero-order chi connectivity index (χ0) is 12.2. The first-order valence-corrected chi connectivity index (χ1v) is 5.40. The SMILES string of the molecule is C=CCNCC(=O)N1CCNC(=O)C1(C)C. The minimum atomic E-state index is -0.759. The van der Waals surface area contributed by atoms with Gasteiger partial charge in [-0.3, -0.25) is 9.59 Å². The predicted octanol–water partition coefficient (Wildman–Crippen LogP) is -0.501. The molecule has 5 nitrogen and oxygen atoms in total. The Morgan fingerprint density at radius 1 is 1.69 bits per heavy atom. The number of carbonyl (C=O) groups excluding carboxylic acids is 2. The molecule has 0 aromatic rings. The van der Waals surface area contributed by atoms with Crippen molar-refractivity contribution in [2.75, 3.05) is 26.2 Å². The van der Waals surface area contributed by atoms with Crippen molar-refractivity contribution < 1.29 is 9.59 Å². The van der Waals surface area contributed by atoms with Gasteiger partial charge in [-0.15, -0.1) is 6.58 Å². The van der Waals surface area contributed by atoms with Crippen LogP contribution in [0.3, 0.4) is 0 Å². The van der Waals surface area contributed by atoms with Crippen molar-refractivity contribution >= 4 is 11.8 Å². The zero-order valence-corrected chi connectivity index (χ0v) is 9.88. The molecular weight excluding hydrogens is 206 g/mol. The maximum atomic E-state index is 11.9. The number of nitrogens with one attached hydrogen (secondary N) is 2. The lowest BCUT2D eigenvalue weighted by atomic mass is 9.99. The van der Waals surface area contributed by atoms with Crippen LogP contribution in [-0.4, -0.2) is 48.4 Å². The van der Waals surface area contributed by atoms with Crippen LogP contribution >= 0.6 is 0 Å². The molecule has 0 unspecified atom stereocenters. The third kappa shape index (κ3) is 2.61.